The summed E-state index contributed by atoms with van der Waals surface area (Å²) in [6, 6.07) is -0.142. The third kappa shape index (κ3) is 2.85. The van der Waals surface area contributed by atoms with Gasteiger partial charge in [0.15, 0.2) is 9.84 Å². The monoisotopic (exact) mass is 274 g/mol. The van der Waals surface area contributed by atoms with E-state index in [2.05, 4.69) is 0 Å². The Kier molecular flexibility index (Phi) is 3.69. The number of hydrogen-bond donors (Lipinski definition) is 1. The van der Waals surface area contributed by atoms with Gasteiger partial charge in [0.05, 0.1) is 11.5 Å². The lowest BCUT2D eigenvalue weighted by atomic mass is 9.75. The molecule has 6 heteroatoms. The quantitative estimate of drug-likeness (QED) is 0.799. The van der Waals surface area contributed by atoms with Gasteiger partial charge in [0.1, 0.15) is 0 Å². The summed E-state index contributed by atoms with van der Waals surface area (Å²) in [4.78, 5) is 13.9. The fourth-order valence-corrected chi connectivity index (χ4v) is 4.60. The summed E-state index contributed by atoms with van der Waals surface area (Å²) in [7, 11) is -2.94. The first kappa shape index (κ1) is 13.8. The third-order valence-corrected chi connectivity index (χ3v) is 5.91. The molecule has 2 fully saturated rings. The van der Waals surface area contributed by atoms with E-state index < -0.39 is 9.84 Å². The molecule has 0 bridgehead atoms. The number of nitrogens with two attached hydrogens (primary N) is 1. The van der Waals surface area contributed by atoms with E-state index in [4.69, 9.17) is 5.73 Å². The maximum Gasteiger partial charge on any atom is 0.224 e. The molecule has 104 valence electrons. The third-order valence-electron chi connectivity index (χ3n) is 4.16. The van der Waals surface area contributed by atoms with E-state index >= 15 is 0 Å². The van der Waals surface area contributed by atoms with Gasteiger partial charge in [-0.05, 0) is 32.6 Å². The molecule has 0 spiro atoms. The van der Waals surface area contributed by atoms with E-state index in [9.17, 15) is 13.2 Å². The van der Waals surface area contributed by atoms with Crippen molar-refractivity contribution < 1.29 is 13.2 Å². The lowest BCUT2D eigenvalue weighted by Crippen LogP contribution is -2.52. The highest BCUT2D eigenvalue weighted by molar-refractivity contribution is 7.91. The Bertz CT molecular complexity index is 429. The maximum absolute atomic E-state index is 12.2. The normalized spacial score (nSPS) is 28.7. The highest BCUT2D eigenvalue weighted by atomic mass is 32.2. The van der Waals surface area contributed by atoms with E-state index in [0.717, 1.165) is 19.3 Å². The number of rotatable bonds is 4. The summed E-state index contributed by atoms with van der Waals surface area (Å²) in [6.45, 7) is 2.46. The van der Waals surface area contributed by atoms with Gasteiger partial charge in [-0.1, -0.05) is 0 Å². The Morgan fingerprint density at radius 2 is 2.11 bits per heavy atom. The summed E-state index contributed by atoms with van der Waals surface area (Å²) in [5.41, 5.74) is 5.75. The summed E-state index contributed by atoms with van der Waals surface area (Å²) in [5.74, 6) is 0.334. The number of nitrogens with zero attached hydrogens (tertiary/aromatic N) is 1. The molecule has 2 aliphatic rings. The standard InChI is InChI=1S/C12H22N2O3S/c1-2-14(10-4-7-18(16,17)9-10)11(15)8-12(13)5-3-6-12/h10H,2-9,13H2,1H3/t10-/m1/s1. The predicted molar refractivity (Wildman–Crippen MR) is 69.8 cm³/mol. The van der Waals surface area contributed by atoms with Crippen LogP contribution in [0.5, 0.6) is 0 Å². The van der Waals surface area contributed by atoms with Crippen LogP contribution in [0.4, 0.5) is 0 Å². The second kappa shape index (κ2) is 4.81. The highest BCUT2D eigenvalue weighted by Crippen LogP contribution is 2.33. The van der Waals surface area contributed by atoms with Crippen LogP contribution < -0.4 is 5.73 Å². The van der Waals surface area contributed by atoms with E-state index in [-0.39, 0.29) is 29.0 Å². The topological polar surface area (TPSA) is 80.5 Å². The molecule has 2 N–H and O–H groups in total. The minimum Gasteiger partial charge on any atom is -0.339 e. The second-order valence-electron chi connectivity index (χ2n) is 5.63. The van der Waals surface area contributed by atoms with E-state index in [1.54, 1.807) is 4.90 Å². The Labute approximate surface area is 109 Å². The second-order valence-corrected chi connectivity index (χ2v) is 7.86. The maximum atomic E-state index is 12.2. The van der Waals surface area contributed by atoms with Gasteiger partial charge in [-0.15, -0.1) is 0 Å². The predicted octanol–water partition coefficient (Wildman–Crippen LogP) is 0.294. The number of carbonyl (C=O) groups is 1. The molecule has 1 saturated carbocycles. The van der Waals surface area contributed by atoms with E-state index in [1.807, 2.05) is 6.92 Å². The number of carbonyl (C=O) groups excluding carboxylic acids is 1. The molecule has 0 aromatic carbocycles. The van der Waals surface area contributed by atoms with Gasteiger partial charge in [-0.25, -0.2) is 8.42 Å². The van der Waals surface area contributed by atoms with Crippen LogP contribution in [0.2, 0.25) is 0 Å². The zero-order valence-electron chi connectivity index (χ0n) is 10.9. The van der Waals surface area contributed by atoms with Crippen LogP contribution in [-0.2, 0) is 14.6 Å². The van der Waals surface area contributed by atoms with E-state index in [0.29, 0.717) is 19.4 Å². The molecular weight excluding hydrogens is 252 g/mol. The molecule has 1 aliphatic heterocycles. The molecule has 1 heterocycles. The van der Waals surface area contributed by atoms with Crippen molar-refractivity contribution in [3.05, 3.63) is 0 Å². The van der Waals surface area contributed by atoms with Gasteiger partial charge < -0.3 is 10.6 Å². The highest BCUT2D eigenvalue weighted by Gasteiger charge is 2.39. The van der Waals surface area contributed by atoms with Crippen molar-refractivity contribution in [3.8, 4) is 0 Å². The minimum atomic E-state index is -2.94. The van der Waals surface area contributed by atoms with Crippen molar-refractivity contribution in [1.29, 1.82) is 0 Å². The van der Waals surface area contributed by atoms with Crippen molar-refractivity contribution >= 4 is 15.7 Å². The number of sulfone groups is 1. The first-order chi connectivity index (χ1) is 8.35. The Morgan fingerprint density at radius 1 is 1.44 bits per heavy atom. The fraction of sp³-hybridized carbons (Fsp3) is 0.917. The van der Waals surface area contributed by atoms with Crippen LogP contribution in [0.1, 0.15) is 39.0 Å². The van der Waals surface area contributed by atoms with Gasteiger partial charge in [0.25, 0.3) is 0 Å². The van der Waals surface area contributed by atoms with Crippen LogP contribution in [0.3, 0.4) is 0 Å². The Morgan fingerprint density at radius 3 is 2.50 bits per heavy atom. The van der Waals surface area contributed by atoms with Crippen LogP contribution in [0.15, 0.2) is 0 Å². The first-order valence-electron chi connectivity index (χ1n) is 6.64. The zero-order chi connectivity index (χ0) is 13.4. The van der Waals surface area contributed by atoms with Crippen LogP contribution in [0.25, 0.3) is 0 Å². The van der Waals surface area contributed by atoms with Gasteiger partial charge in [0, 0.05) is 24.5 Å². The van der Waals surface area contributed by atoms with Gasteiger partial charge in [-0.2, -0.15) is 0 Å². The average molecular weight is 274 g/mol. The van der Waals surface area contributed by atoms with E-state index in [1.165, 1.54) is 0 Å². The fourth-order valence-electron chi connectivity index (χ4n) is 2.87. The number of hydrogen-bond acceptors (Lipinski definition) is 4. The molecular formula is C12H22N2O3S. The summed E-state index contributed by atoms with van der Waals surface area (Å²) < 4.78 is 22.9. The van der Waals surface area contributed by atoms with Crippen molar-refractivity contribution in [2.45, 2.75) is 50.6 Å². The van der Waals surface area contributed by atoms with Crippen LogP contribution in [-0.4, -0.2) is 48.9 Å². The lowest BCUT2D eigenvalue weighted by Gasteiger charge is -2.39. The molecule has 1 saturated heterocycles. The molecule has 1 amide bonds. The molecule has 0 aromatic heterocycles. The average Bonchev–Trinajstić information content (AvgIpc) is 2.57. The van der Waals surface area contributed by atoms with Gasteiger partial charge in [-0.3, -0.25) is 4.79 Å². The Balaban J connectivity index is 1.98. The molecule has 1 aliphatic carbocycles. The number of amides is 1. The smallest absolute Gasteiger partial charge is 0.224 e. The molecule has 0 unspecified atom stereocenters. The molecule has 5 nitrogen and oxygen atoms in total. The molecule has 0 radical (unpaired) electrons. The first-order valence-corrected chi connectivity index (χ1v) is 8.46. The zero-order valence-corrected chi connectivity index (χ0v) is 11.7. The SMILES string of the molecule is CCN(C(=O)CC1(N)CCC1)[C@@H]1CCS(=O)(=O)C1. The lowest BCUT2D eigenvalue weighted by molar-refractivity contribution is -0.134. The van der Waals surface area contributed by atoms with Crippen molar-refractivity contribution in [2.24, 2.45) is 5.73 Å². The van der Waals surface area contributed by atoms with Crippen molar-refractivity contribution in [3.63, 3.8) is 0 Å². The summed E-state index contributed by atoms with van der Waals surface area (Å²) in [6.07, 6.45) is 3.82. The summed E-state index contributed by atoms with van der Waals surface area (Å²) >= 11 is 0. The molecule has 1 atom stereocenters. The Hall–Kier alpha value is -0.620. The summed E-state index contributed by atoms with van der Waals surface area (Å²) in [5, 5.41) is 0. The van der Waals surface area contributed by atoms with Gasteiger partial charge in [0.2, 0.25) is 5.91 Å². The molecule has 18 heavy (non-hydrogen) atoms. The largest absolute Gasteiger partial charge is 0.339 e. The van der Waals surface area contributed by atoms with Crippen molar-refractivity contribution in [1.82, 2.24) is 4.90 Å². The van der Waals surface area contributed by atoms with Crippen LogP contribution in [0, 0.1) is 0 Å². The van der Waals surface area contributed by atoms with Crippen molar-refractivity contribution in [2.75, 3.05) is 18.1 Å². The molecule has 2 rings (SSSR count). The van der Waals surface area contributed by atoms with Gasteiger partial charge >= 0.3 is 0 Å². The molecule has 0 aromatic rings. The minimum absolute atomic E-state index is 0.0156. The van der Waals surface area contributed by atoms with Crippen LogP contribution >= 0.6 is 0 Å².